The molecule has 2 aliphatic heterocycles. The Morgan fingerprint density at radius 1 is 1.09 bits per heavy atom. The van der Waals surface area contributed by atoms with Crippen molar-refractivity contribution in [3.63, 3.8) is 0 Å². The fourth-order valence-corrected chi connectivity index (χ4v) is 4.72. The van der Waals surface area contributed by atoms with Gasteiger partial charge in [-0.3, -0.25) is 0 Å². The number of imidazole rings is 1. The van der Waals surface area contributed by atoms with E-state index >= 15 is 0 Å². The predicted octanol–water partition coefficient (Wildman–Crippen LogP) is 0.901. The summed E-state index contributed by atoms with van der Waals surface area (Å²) in [5.41, 5.74) is 2.14. The molecule has 2 atom stereocenters. The normalized spacial score (nSPS) is 26.0. The molecule has 0 aliphatic carbocycles. The van der Waals surface area contributed by atoms with E-state index in [0.29, 0.717) is 24.9 Å². The topological polar surface area (TPSA) is 58.4 Å². The molecule has 3 heterocycles. The number of fused-ring (bicyclic) bond motifs is 2. The molecule has 7 heteroatoms. The predicted molar refractivity (Wildman–Crippen MR) is 86.3 cm³/mol. The van der Waals surface area contributed by atoms with Crippen molar-refractivity contribution in [2.75, 3.05) is 37.3 Å². The van der Waals surface area contributed by atoms with Crippen LogP contribution in [0.2, 0.25) is 0 Å². The second-order valence-corrected chi connectivity index (χ2v) is 8.45. The molecule has 0 spiro atoms. The molecule has 1 aromatic carbocycles. The van der Waals surface area contributed by atoms with Gasteiger partial charge in [-0.2, -0.15) is 0 Å². The second kappa shape index (κ2) is 4.70. The van der Waals surface area contributed by atoms with Crippen LogP contribution in [0.25, 0.3) is 11.0 Å². The summed E-state index contributed by atoms with van der Waals surface area (Å²) in [6.45, 7) is 3.05. The molecule has 0 amide bonds. The van der Waals surface area contributed by atoms with Gasteiger partial charge in [0.25, 0.3) is 0 Å². The number of aromatic nitrogens is 2. The molecule has 4 rings (SSSR count). The maximum Gasteiger partial charge on any atom is 0.211 e. The maximum atomic E-state index is 11.7. The standard InChI is InChI=1S/C15H20N4O2S/c1-17-14-6-4-3-5-13(14)16-15(17)18-7-11-9-19(22(2,20)21)10-12(11)8-18/h3-6,11-12H,7-10H2,1-2H3. The third-order valence-corrected chi connectivity index (χ3v) is 6.20. The van der Waals surface area contributed by atoms with Crippen LogP contribution >= 0.6 is 0 Å². The Kier molecular flexibility index (Phi) is 2.99. The zero-order valence-electron chi connectivity index (χ0n) is 12.8. The van der Waals surface area contributed by atoms with Crippen LogP contribution in [0.3, 0.4) is 0 Å². The minimum absolute atomic E-state index is 0.412. The van der Waals surface area contributed by atoms with Gasteiger partial charge in [-0.05, 0) is 24.0 Å². The van der Waals surface area contributed by atoms with Gasteiger partial charge < -0.3 is 9.47 Å². The minimum Gasteiger partial charge on any atom is -0.342 e. The van der Waals surface area contributed by atoms with Crippen LogP contribution in [0.1, 0.15) is 0 Å². The largest absolute Gasteiger partial charge is 0.342 e. The highest BCUT2D eigenvalue weighted by atomic mass is 32.2. The first-order chi connectivity index (χ1) is 10.4. The molecule has 2 saturated heterocycles. The van der Waals surface area contributed by atoms with E-state index in [1.54, 1.807) is 4.31 Å². The summed E-state index contributed by atoms with van der Waals surface area (Å²) in [6, 6.07) is 8.13. The summed E-state index contributed by atoms with van der Waals surface area (Å²) in [6.07, 6.45) is 1.30. The molecule has 2 aromatic rings. The van der Waals surface area contributed by atoms with Gasteiger partial charge >= 0.3 is 0 Å². The van der Waals surface area contributed by atoms with Gasteiger partial charge in [0.15, 0.2) is 0 Å². The van der Waals surface area contributed by atoms with Crippen molar-refractivity contribution in [2.45, 2.75) is 0 Å². The first-order valence-electron chi connectivity index (χ1n) is 7.55. The molecule has 0 N–H and O–H groups in total. The van der Waals surface area contributed by atoms with Gasteiger partial charge in [0, 0.05) is 33.2 Å². The molecular weight excluding hydrogens is 300 g/mol. The quantitative estimate of drug-likeness (QED) is 0.825. The van der Waals surface area contributed by atoms with Crippen LogP contribution in [-0.4, -0.2) is 54.7 Å². The van der Waals surface area contributed by atoms with E-state index in [4.69, 9.17) is 4.98 Å². The van der Waals surface area contributed by atoms with Crippen molar-refractivity contribution in [3.05, 3.63) is 24.3 Å². The van der Waals surface area contributed by atoms with Crippen LogP contribution in [0.4, 0.5) is 5.95 Å². The monoisotopic (exact) mass is 320 g/mol. The van der Waals surface area contributed by atoms with Crippen LogP contribution in [0.5, 0.6) is 0 Å². The molecule has 118 valence electrons. The molecule has 1 aromatic heterocycles. The van der Waals surface area contributed by atoms with Gasteiger partial charge in [0.05, 0.1) is 17.3 Å². The average Bonchev–Trinajstić information content (AvgIpc) is 3.09. The van der Waals surface area contributed by atoms with Gasteiger partial charge in [-0.1, -0.05) is 12.1 Å². The number of hydrogen-bond donors (Lipinski definition) is 0. The summed E-state index contributed by atoms with van der Waals surface area (Å²) >= 11 is 0. The van der Waals surface area contributed by atoms with Crippen LogP contribution in [0, 0.1) is 11.8 Å². The van der Waals surface area contributed by atoms with Crippen molar-refractivity contribution < 1.29 is 8.42 Å². The van der Waals surface area contributed by atoms with E-state index in [1.807, 2.05) is 25.2 Å². The van der Waals surface area contributed by atoms with Crippen LogP contribution in [-0.2, 0) is 17.1 Å². The Hall–Kier alpha value is -1.60. The van der Waals surface area contributed by atoms with E-state index in [0.717, 1.165) is 30.1 Å². The molecule has 2 aliphatic rings. The highest BCUT2D eigenvalue weighted by Crippen LogP contribution is 2.35. The Bertz CT molecular complexity index is 815. The summed E-state index contributed by atoms with van der Waals surface area (Å²) in [5, 5.41) is 0. The number of benzene rings is 1. The van der Waals surface area contributed by atoms with Crippen molar-refractivity contribution in [1.82, 2.24) is 13.9 Å². The van der Waals surface area contributed by atoms with E-state index in [1.165, 1.54) is 6.26 Å². The molecule has 22 heavy (non-hydrogen) atoms. The Balaban J connectivity index is 1.58. The number of aryl methyl sites for hydroxylation is 1. The van der Waals surface area contributed by atoms with E-state index in [-0.39, 0.29) is 0 Å². The summed E-state index contributed by atoms with van der Waals surface area (Å²) in [5.74, 6) is 1.81. The summed E-state index contributed by atoms with van der Waals surface area (Å²) < 4.78 is 27.1. The Labute approximate surface area is 130 Å². The zero-order valence-corrected chi connectivity index (χ0v) is 13.6. The summed E-state index contributed by atoms with van der Waals surface area (Å²) in [4.78, 5) is 7.05. The number of rotatable bonds is 2. The van der Waals surface area contributed by atoms with E-state index in [2.05, 4.69) is 15.5 Å². The lowest BCUT2D eigenvalue weighted by molar-refractivity contribution is 0.457. The number of hydrogen-bond acceptors (Lipinski definition) is 4. The fourth-order valence-electron chi connectivity index (χ4n) is 3.80. The van der Waals surface area contributed by atoms with Crippen molar-refractivity contribution >= 4 is 27.0 Å². The van der Waals surface area contributed by atoms with Gasteiger partial charge in [-0.25, -0.2) is 17.7 Å². The minimum atomic E-state index is -3.06. The first-order valence-corrected chi connectivity index (χ1v) is 9.40. The van der Waals surface area contributed by atoms with Crippen LogP contribution < -0.4 is 4.90 Å². The third kappa shape index (κ3) is 2.11. The highest BCUT2D eigenvalue weighted by molar-refractivity contribution is 7.88. The fraction of sp³-hybridized carbons (Fsp3) is 0.533. The lowest BCUT2D eigenvalue weighted by atomic mass is 10.0. The SMILES string of the molecule is Cn1c(N2CC3CN(S(C)(=O)=O)CC3C2)nc2ccccc21. The summed E-state index contributed by atoms with van der Waals surface area (Å²) in [7, 11) is -1.02. The maximum absolute atomic E-state index is 11.7. The van der Waals surface area contributed by atoms with E-state index in [9.17, 15) is 8.42 Å². The zero-order chi connectivity index (χ0) is 15.5. The Morgan fingerprint density at radius 3 is 2.32 bits per heavy atom. The third-order valence-electron chi connectivity index (χ3n) is 4.97. The molecule has 2 unspecified atom stereocenters. The number of para-hydroxylation sites is 2. The number of sulfonamides is 1. The van der Waals surface area contributed by atoms with E-state index < -0.39 is 10.0 Å². The molecular formula is C15H20N4O2S. The molecule has 0 radical (unpaired) electrons. The second-order valence-electron chi connectivity index (χ2n) is 6.46. The van der Waals surface area contributed by atoms with Crippen molar-refractivity contribution in [3.8, 4) is 0 Å². The lowest BCUT2D eigenvalue weighted by Crippen LogP contribution is -2.33. The van der Waals surface area contributed by atoms with Gasteiger partial charge in [-0.15, -0.1) is 0 Å². The Morgan fingerprint density at radius 2 is 1.73 bits per heavy atom. The average molecular weight is 320 g/mol. The van der Waals surface area contributed by atoms with Crippen molar-refractivity contribution in [2.24, 2.45) is 18.9 Å². The first kappa shape index (κ1) is 14.0. The van der Waals surface area contributed by atoms with Crippen molar-refractivity contribution in [1.29, 1.82) is 0 Å². The molecule has 0 saturated carbocycles. The number of nitrogens with zero attached hydrogens (tertiary/aromatic N) is 4. The highest BCUT2D eigenvalue weighted by Gasteiger charge is 2.43. The number of anilines is 1. The smallest absolute Gasteiger partial charge is 0.211 e. The molecule has 6 nitrogen and oxygen atoms in total. The van der Waals surface area contributed by atoms with Gasteiger partial charge in [0.1, 0.15) is 0 Å². The molecule has 2 fully saturated rings. The van der Waals surface area contributed by atoms with Gasteiger partial charge in [0.2, 0.25) is 16.0 Å². The lowest BCUT2D eigenvalue weighted by Gasteiger charge is -2.21. The van der Waals surface area contributed by atoms with Crippen LogP contribution in [0.15, 0.2) is 24.3 Å². The molecule has 0 bridgehead atoms.